The first kappa shape index (κ1) is 16.6. The van der Waals surface area contributed by atoms with Crippen molar-refractivity contribution in [3.63, 3.8) is 0 Å². The Morgan fingerprint density at radius 2 is 1.94 bits per heavy atom. The second kappa shape index (κ2) is 9.58. The van der Waals surface area contributed by atoms with E-state index in [1.165, 1.54) is 0 Å². The molecule has 8 heteroatoms. The molecular weight excluding hydrogens is 260 g/mol. The van der Waals surface area contributed by atoms with Gasteiger partial charge in [0.05, 0.1) is 0 Å². The van der Waals surface area contributed by atoms with Crippen LogP contribution in [-0.2, 0) is 9.59 Å². The zero-order chi connectivity index (χ0) is 14.0. The summed E-state index contributed by atoms with van der Waals surface area (Å²) in [4.78, 5) is 32.5. The highest BCUT2D eigenvalue weighted by atomic mass is 32.2. The summed E-state index contributed by atoms with van der Waals surface area (Å²) in [5.74, 6) is -1.41. The lowest BCUT2D eigenvalue weighted by Crippen LogP contribution is -2.46. The Kier molecular flexibility index (Phi) is 8.81. The molecule has 7 nitrogen and oxygen atoms in total. The number of amides is 2. The van der Waals surface area contributed by atoms with Gasteiger partial charge < -0.3 is 20.8 Å². The molecule has 0 bridgehead atoms. The van der Waals surface area contributed by atoms with E-state index in [9.17, 15) is 14.4 Å². The summed E-state index contributed by atoms with van der Waals surface area (Å²) >= 11 is 1.56. The Morgan fingerprint density at radius 3 is 2.44 bits per heavy atom. The molecule has 4 N–H and O–H groups in total. The number of hydrogen-bond donors (Lipinski definition) is 4. The van der Waals surface area contributed by atoms with Crippen molar-refractivity contribution in [1.29, 1.82) is 0 Å². The van der Waals surface area contributed by atoms with Crippen LogP contribution in [0, 0.1) is 0 Å². The van der Waals surface area contributed by atoms with Gasteiger partial charge in [-0.2, -0.15) is 11.8 Å². The van der Waals surface area contributed by atoms with Crippen molar-refractivity contribution >= 4 is 29.7 Å². The molecule has 2 amide bonds. The zero-order valence-corrected chi connectivity index (χ0v) is 11.0. The summed E-state index contributed by atoms with van der Waals surface area (Å²) in [5.41, 5.74) is 0. The lowest BCUT2D eigenvalue weighted by molar-refractivity contribution is -0.140. The van der Waals surface area contributed by atoms with Gasteiger partial charge in [-0.15, -0.1) is 0 Å². The number of aliphatic carboxylic acids is 2. The number of rotatable bonds is 9. The molecular formula is C10H18N2O5S. The van der Waals surface area contributed by atoms with Crippen LogP contribution in [0.3, 0.4) is 0 Å². The molecule has 104 valence electrons. The van der Waals surface area contributed by atoms with E-state index in [0.29, 0.717) is 6.54 Å². The molecule has 0 unspecified atom stereocenters. The highest BCUT2D eigenvalue weighted by molar-refractivity contribution is 7.98. The molecule has 1 atom stereocenters. The lowest BCUT2D eigenvalue weighted by Gasteiger charge is -2.14. The van der Waals surface area contributed by atoms with Gasteiger partial charge in [0.1, 0.15) is 6.04 Å². The van der Waals surface area contributed by atoms with E-state index in [0.717, 1.165) is 5.75 Å². The molecule has 0 aliphatic rings. The molecule has 0 aliphatic carbocycles. The summed E-state index contributed by atoms with van der Waals surface area (Å²) in [6.07, 6.45) is 2.08. The highest BCUT2D eigenvalue weighted by Crippen LogP contribution is 2.01. The van der Waals surface area contributed by atoms with Crippen molar-refractivity contribution in [3.05, 3.63) is 0 Å². The van der Waals surface area contributed by atoms with Gasteiger partial charge in [0.25, 0.3) is 0 Å². The van der Waals surface area contributed by atoms with Crippen molar-refractivity contribution < 1.29 is 24.6 Å². The molecule has 0 aromatic heterocycles. The number of carbonyl (C=O) groups is 3. The van der Waals surface area contributed by atoms with Crippen LogP contribution in [0.4, 0.5) is 4.79 Å². The molecule has 18 heavy (non-hydrogen) atoms. The summed E-state index contributed by atoms with van der Waals surface area (Å²) in [6, 6.07) is -1.61. The average Bonchev–Trinajstić information content (AvgIpc) is 2.27. The minimum atomic E-state index is -1.17. The normalized spacial score (nSPS) is 11.6. The molecule has 0 aromatic rings. The first-order valence-electron chi connectivity index (χ1n) is 5.45. The van der Waals surface area contributed by atoms with Crippen molar-refractivity contribution in [2.45, 2.75) is 25.3 Å². The Hall–Kier alpha value is -1.44. The fourth-order valence-corrected chi connectivity index (χ4v) is 1.50. The minimum absolute atomic E-state index is 0.0948. The lowest BCUT2D eigenvalue weighted by atomic mass is 10.1. The summed E-state index contributed by atoms with van der Waals surface area (Å²) in [5, 5.41) is 22.1. The molecule has 0 heterocycles. The van der Waals surface area contributed by atoms with Crippen LogP contribution in [-0.4, -0.2) is 52.8 Å². The highest BCUT2D eigenvalue weighted by Gasteiger charge is 2.19. The molecule has 0 saturated heterocycles. The topological polar surface area (TPSA) is 116 Å². The summed E-state index contributed by atoms with van der Waals surface area (Å²) in [7, 11) is 0. The van der Waals surface area contributed by atoms with Gasteiger partial charge in [-0.3, -0.25) is 4.79 Å². The fourth-order valence-electron chi connectivity index (χ4n) is 1.19. The average molecular weight is 278 g/mol. The number of carbonyl (C=O) groups excluding carboxylic acids is 1. The van der Waals surface area contributed by atoms with E-state index >= 15 is 0 Å². The van der Waals surface area contributed by atoms with Gasteiger partial charge in [0.2, 0.25) is 0 Å². The Labute approximate surface area is 109 Å². The SMILES string of the molecule is CSCCNC(=O)N[C@H](CCCC(=O)O)C(=O)O. The van der Waals surface area contributed by atoms with Crippen LogP contribution in [0.2, 0.25) is 0 Å². The molecule has 0 aromatic carbocycles. The van der Waals surface area contributed by atoms with E-state index in [-0.39, 0.29) is 19.3 Å². The molecule has 0 radical (unpaired) electrons. The number of urea groups is 1. The minimum Gasteiger partial charge on any atom is -0.481 e. The van der Waals surface area contributed by atoms with E-state index in [4.69, 9.17) is 10.2 Å². The quantitative estimate of drug-likeness (QED) is 0.452. The Balaban J connectivity index is 3.99. The van der Waals surface area contributed by atoms with E-state index in [1.54, 1.807) is 11.8 Å². The van der Waals surface area contributed by atoms with Crippen molar-refractivity contribution in [2.75, 3.05) is 18.6 Å². The van der Waals surface area contributed by atoms with E-state index < -0.39 is 24.0 Å². The number of nitrogens with one attached hydrogen (secondary N) is 2. The van der Waals surface area contributed by atoms with Gasteiger partial charge in [0.15, 0.2) is 0 Å². The van der Waals surface area contributed by atoms with Crippen LogP contribution in [0.25, 0.3) is 0 Å². The molecule has 0 aliphatic heterocycles. The van der Waals surface area contributed by atoms with Crippen molar-refractivity contribution in [1.82, 2.24) is 10.6 Å². The largest absolute Gasteiger partial charge is 0.481 e. The summed E-state index contributed by atoms with van der Waals surface area (Å²) in [6.45, 7) is 0.453. The predicted octanol–water partition coefficient (Wildman–Crippen LogP) is 0.357. The Bertz CT molecular complexity index is 298. The third-order valence-corrected chi connectivity index (χ3v) is 2.69. The number of thioether (sulfide) groups is 1. The molecule has 0 spiro atoms. The van der Waals surface area contributed by atoms with Crippen molar-refractivity contribution in [3.8, 4) is 0 Å². The van der Waals surface area contributed by atoms with Crippen LogP contribution in [0.1, 0.15) is 19.3 Å². The van der Waals surface area contributed by atoms with Crippen molar-refractivity contribution in [2.24, 2.45) is 0 Å². The third-order valence-electron chi connectivity index (χ3n) is 2.08. The van der Waals surface area contributed by atoms with Crippen LogP contribution in [0.15, 0.2) is 0 Å². The molecule has 0 saturated carbocycles. The molecule has 0 rings (SSSR count). The van der Waals surface area contributed by atoms with Gasteiger partial charge in [0, 0.05) is 18.7 Å². The maximum Gasteiger partial charge on any atom is 0.326 e. The zero-order valence-electron chi connectivity index (χ0n) is 10.1. The second-order valence-electron chi connectivity index (χ2n) is 3.57. The predicted molar refractivity (Wildman–Crippen MR) is 67.8 cm³/mol. The standard InChI is InChI=1S/C10H18N2O5S/c1-18-6-5-11-10(17)12-7(9(15)16)3-2-4-8(13)14/h7H,2-6H2,1H3,(H,13,14)(H,15,16)(H2,11,12,17)/t7-/m1/s1. The van der Waals surface area contributed by atoms with E-state index in [1.807, 2.05) is 6.26 Å². The number of carboxylic acids is 2. The molecule has 0 fully saturated rings. The fraction of sp³-hybridized carbons (Fsp3) is 0.700. The maximum absolute atomic E-state index is 11.3. The Morgan fingerprint density at radius 1 is 1.28 bits per heavy atom. The smallest absolute Gasteiger partial charge is 0.326 e. The van der Waals surface area contributed by atoms with Gasteiger partial charge in [-0.25, -0.2) is 9.59 Å². The number of carboxylic acid groups (broad SMARTS) is 2. The van der Waals surface area contributed by atoms with Crippen LogP contribution >= 0.6 is 11.8 Å². The van der Waals surface area contributed by atoms with Gasteiger partial charge in [-0.1, -0.05) is 0 Å². The summed E-state index contributed by atoms with van der Waals surface area (Å²) < 4.78 is 0. The third kappa shape index (κ3) is 8.68. The maximum atomic E-state index is 11.3. The monoisotopic (exact) mass is 278 g/mol. The van der Waals surface area contributed by atoms with Gasteiger partial charge in [-0.05, 0) is 19.1 Å². The van der Waals surface area contributed by atoms with Gasteiger partial charge >= 0.3 is 18.0 Å². The first-order valence-corrected chi connectivity index (χ1v) is 6.84. The first-order chi connectivity index (χ1) is 8.47. The van der Waals surface area contributed by atoms with E-state index in [2.05, 4.69) is 10.6 Å². The van der Waals surface area contributed by atoms with Crippen LogP contribution in [0.5, 0.6) is 0 Å². The second-order valence-corrected chi connectivity index (χ2v) is 4.56. The van der Waals surface area contributed by atoms with Crippen LogP contribution < -0.4 is 10.6 Å². The number of hydrogen-bond acceptors (Lipinski definition) is 4.